The van der Waals surface area contributed by atoms with E-state index in [1.807, 2.05) is 41.0 Å². The number of nitrogens with one attached hydrogen (secondary N) is 1. The normalized spacial score (nSPS) is 18.1. The van der Waals surface area contributed by atoms with Crippen LogP contribution < -0.4 is 15.0 Å². The Kier molecular flexibility index (Phi) is 4.82. The maximum atomic E-state index is 6.26. The fraction of sp³-hybridized carbons (Fsp3) is 0.429. The van der Waals surface area contributed by atoms with Gasteiger partial charge < -0.3 is 15.0 Å². The van der Waals surface area contributed by atoms with Crippen LogP contribution in [0.25, 0.3) is 5.65 Å². The Labute approximate surface area is 169 Å². The quantitative estimate of drug-likeness (QED) is 0.735. The molecule has 28 heavy (non-hydrogen) atoms. The second-order valence-corrected chi connectivity index (χ2v) is 7.85. The van der Waals surface area contributed by atoms with E-state index < -0.39 is 0 Å². The van der Waals surface area contributed by atoms with Gasteiger partial charge in [-0.05, 0) is 25.1 Å². The summed E-state index contributed by atoms with van der Waals surface area (Å²) >= 11 is 6.26. The Morgan fingerprint density at radius 1 is 1.07 bits per heavy atom. The van der Waals surface area contributed by atoms with Gasteiger partial charge in [0.15, 0.2) is 5.65 Å². The van der Waals surface area contributed by atoms with E-state index in [9.17, 15) is 0 Å². The second-order valence-electron chi connectivity index (χ2n) is 7.45. The van der Waals surface area contributed by atoms with Crippen molar-refractivity contribution in [2.24, 2.45) is 0 Å². The van der Waals surface area contributed by atoms with Gasteiger partial charge in [0.2, 0.25) is 0 Å². The van der Waals surface area contributed by atoms with E-state index in [1.165, 1.54) is 17.1 Å². The molecule has 2 aromatic heterocycles. The minimum Gasteiger partial charge on any atom is -0.489 e. The topological polar surface area (TPSA) is 54.7 Å². The summed E-state index contributed by atoms with van der Waals surface area (Å²) in [5.41, 5.74) is 3.49. The summed E-state index contributed by atoms with van der Waals surface area (Å²) in [4.78, 5) is 7.32. The molecule has 1 fully saturated rings. The molecule has 0 atom stereocenters. The van der Waals surface area contributed by atoms with Crippen LogP contribution in [0.1, 0.15) is 24.1 Å². The Bertz CT molecular complexity index is 980. The van der Waals surface area contributed by atoms with E-state index in [2.05, 4.69) is 15.3 Å². The van der Waals surface area contributed by atoms with E-state index in [-0.39, 0.29) is 6.10 Å². The minimum atomic E-state index is 0.186. The molecule has 0 aliphatic carbocycles. The van der Waals surface area contributed by atoms with Crippen LogP contribution in [-0.2, 0) is 12.8 Å². The van der Waals surface area contributed by atoms with Gasteiger partial charge in [-0.2, -0.15) is 9.61 Å². The second kappa shape index (κ2) is 7.60. The van der Waals surface area contributed by atoms with E-state index in [4.69, 9.17) is 21.3 Å². The Hall–Kier alpha value is -2.31. The molecule has 146 valence electrons. The number of benzene rings is 1. The monoisotopic (exact) mass is 397 g/mol. The molecule has 1 N–H and O–H groups in total. The number of piperidine rings is 1. The van der Waals surface area contributed by atoms with Crippen molar-refractivity contribution in [3.8, 4) is 5.75 Å². The zero-order valence-corrected chi connectivity index (χ0v) is 16.5. The van der Waals surface area contributed by atoms with E-state index in [0.29, 0.717) is 5.02 Å². The first-order valence-electron chi connectivity index (χ1n) is 10.0. The van der Waals surface area contributed by atoms with Gasteiger partial charge >= 0.3 is 0 Å². The molecule has 2 aliphatic heterocycles. The summed E-state index contributed by atoms with van der Waals surface area (Å²) in [5.74, 6) is 1.99. The lowest BCUT2D eigenvalue weighted by atomic mass is 10.0. The maximum absolute atomic E-state index is 6.26. The largest absolute Gasteiger partial charge is 0.489 e. The molecule has 6 nitrogen and oxygen atoms in total. The highest BCUT2D eigenvalue weighted by molar-refractivity contribution is 6.32. The molecule has 0 radical (unpaired) electrons. The van der Waals surface area contributed by atoms with E-state index >= 15 is 0 Å². The third-order valence-electron chi connectivity index (χ3n) is 5.65. The third kappa shape index (κ3) is 3.31. The number of rotatable bonds is 3. The van der Waals surface area contributed by atoms with Crippen molar-refractivity contribution >= 4 is 23.1 Å². The van der Waals surface area contributed by atoms with Gasteiger partial charge in [-0.25, -0.2) is 4.98 Å². The van der Waals surface area contributed by atoms with Crippen molar-refractivity contribution in [3.63, 3.8) is 0 Å². The molecule has 0 spiro atoms. The van der Waals surface area contributed by atoms with Crippen LogP contribution in [0.5, 0.6) is 5.75 Å². The molecule has 0 unspecified atom stereocenters. The number of hydrogen-bond donors (Lipinski definition) is 1. The van der Waals surface area contributed by atoms with Crippen LogP contribution in [0.4, 0.5) is 5.82 Å². The minimum absolute atomic E-state index is 0.186. The zero-order valence-electron chi connectivity index (χ0n) is 15.8. The van der Waals surface area contributed by atoms with Crippen molar-refractivity contribution in [2.75, 3.05) is 31.1 Å². The number of aromatic nitrogens is 3. The molecule has 7 heteroatoms. The zero-order chi connectivity index (χ0) is 18.9. The lowest BCUT2D eigenvalue weighted by molar-refractivity contribution is 0.170. The van der Waals surface area contributed by atoms with Crippen LogP contribution in [0.3, 0.4) is 0 Å². The highest BCUT2D eigenvalue weighted by atomic mass is 35.5. The van der Waals surface area contributed by atoms with Crippen molar-refractivity contribution in [1.29, 1.82) is 0 Å². The molecular formula is C21H24ClN5O. The van der Waals surface area contributed by atoms with Crippen LogP contribution in [0.2, 0.25) is 5.02 Å². The first-order chi connectivity index (χ1) is 13.8. The number of anilines is 1. The van der Waals surface area contributed by atoms with Gasteiger partial charge in [0, 0.05) is 50.5 Å². The van der Waals surface area contributed by atoms with Gasteiger partial charge in [0.25, 0.3) is 0 Å². The fourth-order valence-electron chi connectivity index (χ4n) is 4.25. The first kappa shape index (κ1) is 17.8. The number of halogens is 1. The summed E-state index contributed by atoms with van der Waals surface area (Å²) in [7, 11) is 0. The predicted molar refractivity (Wildman–Crippen MR) is 111 cm³/mol. The summed E-state index contributed by atoms with van der Waals surface area (Å²) in [5, 5.41) is 8.74. The highest BCUT2D eigenvalue weighted by Gasteiger charge is 2.27. The van der Waals surface area contributed by atoms with Gasteiger partial charge in [-0.1, -0.05) is 23.7 Å². The van der Waals surface area contributed by atoms with Crippen LogP contribution in [0, 0.1) is 0 Å². The molecule has 2 aliphatic rings. The number of nitrogens with zero attached hydrogens (tertiary/aromatic N) is 4. The molecule has 1 saturated heterocycles. The molecule has 0 bridgehead atoms. The Balaban J connectivity index is 1.39. The van der Waals surface area contributed by atoms with Gasteiger partial charge in [0.1, 0.15) is 17.7 Å². The molecule has 0 amide bonds. The number of para-hydroxylation sites is 1. The number of ether oxygens (including phenoxy) is 1. The molecule has 0 saturated carbocycles. The van der Waals surface area contributed by atoms with Gasteiger partial charge in [0.05, 0.1) is 16.9 Å². The van der Waals surface area contributed by atoms with E-state index in [1.54, 1.807) is 0 Å². The fourth-order valence-corrected chi connectivity index (χ4v) is 4.43. The highest BCUT2D eigenvalue weighted by Crippen LogP contribution is 2.31. The van der Waals surface area contributed by atoms with E-state index in [0.717, 1.165) is 63.3 Å². The van der Waals surface area contributed by atoms with Crippen molar-refractivity contribution in [3.05, 3.63) is 52.8 Å². The SMILES string of the molecule is Clc1ccccc1OC1CCN(c2c3c(nc4ccnn24)CCNCC3)CC1. The van der Waals surface area contributed by atoms with Crippen LogP contribution in [0.15, 0.2) is 36.5 Å². The lowest BCUT2D eigenvalue weighted by Crippen LogP contribution is -2.40. The molecule has 5 rings (SSSR count). The van der Waals surface area contributed by atoms with Gasteiger partial charge in [-0.3, -0.25) is 0 Å². The summed E-state index contributed by atoms with van der Waals surface area (Å²) in [6.45, 7) is 3.85. The number of hydrogen-bond acceptors (Lipinski definition) is 5. The van der Waals surface area contributed by atoms with Crippen LogP contribution >= 0.6 is 11.6 Å². The molecule has 1 aromatic carbocycles. The lowest BCUT2D eigenvalue weighted by Gasteiger charge is -2.35. The summed E-state index contributed by atoms with van der Waals surface area (Å²) in [6, 6.07) is 9.70. The van der Waals surface area contributed by atoms with Crippen molar-refractivity contribution in [2.45, 2.75) is 31.8 Å². The Morgan fingerprint density at radius 2 is 1.89 bits per heavy atom. The summed E-state index contributed by atoms with van der Waals surface area (Å²) in [6.07, 6.45) is 5.91. The average molecular weight is 398 g/mol. The van der Waals surface area contributed by atoms with Crippen molar-refractivity contribution < 1.29 is 4.74 Å². The van der Waals surface area contributed by atoms with Crippen molar-refractivity contribution in [1.82, 2.24) is 19.9 Å². The molecule has 3 aromatic rings. The average Bonchev–Trinajstić information content (AvgIpc) is 3.05. The predicted octanol–water partition coefficient (Wildman–Crippen LogP) is 3.12. The number of fused-ring (bicyclic) bond motifs is 2. The summed E-state index contributed by atoms with van der Waals surface area (Å²) < 4.78 is 8.19. The van der Waals surface area contributed by atoms with Gasteiger partial charge in [-0.15, -0.1) is 0 Å². The molecular weight excluding hydrogens is 374 g/mol. The standard InChI is InChI=1S/C21H24ClN5O/c22-17-3-1-2-4-19(17)28-15-8-13-26(14-9-15)21-16-5-10-23-11-6-18(16)25-20-7-12-24-27(20)21/h1-4,7,12,15,23H,5-6,8-11,13-14H2. The maximum Gasteiger partial charge on any atom is 0.157 e. The first-order valence-corrected chi connectivity index (χ1v) is 10.4. The smallest absolute Gasteiger partial charge is 0.157 e. The third-order valence-corrected chi connectivity index (χ3v) is 5.97. The Morgan fingerprint density at radius 3 is 2.75 bits per heavy atom. The van der Waals surface area contributed by atoms with Crippen LogP contribution in [-0.4, -0.2) is 46.9 Å². The molecule has 4 heterocycles.